The number of hydrogen-bond acceptors (Lipinski definition) is 0. The van der Waals surface area contributed by atoms with Gasteiger partial charge in [-0.1, -0.05) is 118 Å². The summed E-state index contributed by atoms with van der Waals surface area (Å²) in [5.41, 5.74) is 0. The third-order valence-electron chi connectivity index (χ3n) is 8.33. The Bertz CT molecular complexity index is 346. The van der Waals surface area contributed by atoms with Crippen molar-refractivity contribution in [1.82, 2.24) is 0 Å². The summed E-state index contributed by atoms with van der Waals surface area (Å²) in [5, 5.41) is 0. The lowest BCUT2D eigenvalue weighted by Gasteiger charge is -2.42. The number of rotatable bonds is 2. The third kappa shape index (κ3) is 7.55. The molecule has 0 nitrogen and oxygen atoms in total. The van der Waals surface area contributed by atoms with Crippen LogP contribution >= 0.6 is 0 Å². The standard InChI is InChI=1S/C26H50/c1-5-24-15-12-10-8-6-7-9-11-13-17-25(18-14-16-24)26-20-21(2)19-22(3)23(26)4/h21-26H,5-20H2,1-4H3. The molecule has 0 heterocycles. The highest BCUT2D eigenvalue weighted by atomic mass is 14.4. The smallest absolute Gasteiger partial charge is 0.0355 e. The molecule has 2 rings (SSSR count). The Labute approximate surface area is 166 Å². The minimum Gasteiger partial charge on any atom is -0.0651 e. The molecule has 0 radical (unpaired) electrons. The summed E-state index contributed by atoms with van der Waals surface area (Å²) in [7, 11) is 0. The molecule has 0 aromatic rings. The SMILES string of the molecule is CCC1CCCCCCCCCCC(C2CC(C)CC(C)C2C)CCC1. The van der Waals surface area contributed by atoms with E-state index in [1.54, 1.807) is 0 Å². The van der Waals surface area contributed by atoms with E-state index >= 15 is 0 Å². The molecule has 2 saturated carbocycles. The Hall–Kier alpha value is 0. The minimum absolute atomic E-state index is 0.948. The van der Waals surface area contributed by atoms with Gasteiger partial charge in [-0.05, 0) is 48.3 Å². The fraction of sp³-hybridized carbons (Fsp3) is 1.00. The van der Waals surface area contributed by atoms with Crippen LogP contribution in [0.2, 0.25) is 0 Å². The van der Waals surface area contributed by atoms with Crippen LogP contribution in [0.15, 0.2) is 0 Å². The summed E-state index contributed by atoms with van der Waals surface area (Å²) in [5.74, 6) is 5.93. The van der Waals surface area contributed by atoms with Crippen molar-refractivity contribution in [3.63, 3.8) is 0 Å². The van der Waals surface area contributed by atoms with Crippen molar-refractivity contribution in [2.75, 3.05) is 0 Å². The van der Waals surface area contributed by atoms with Gasteiger partial charge >= 0.3 is 0 Å². The molecule has 0 aliphatic heterocycles. The lowest BCUT2D eigenvalue weighted by atomic mass is 9.63. The lowest BCUT2D eigenvalue weighted by Crippen LogP contribution is -2.33. The van der Waals surface area contributed by atoms with E-state index in [1.165, 1.54) is 103 Å². The molecule has 0 bridgehead atoms. The zero-order valence-electron chi connectivity index (χ0n) is 18.8. The van der Waals surface area contributed by atoms with Gasteiger partial charge in [0, 0.05) is 0 Å². The van der Waals surface area contributed by atoms with Gasteiger partial charge in [-0.15, -0.1) is 0 Å². The van der Waals surface area contributed by atoms with Crippen molar-refractivity contribution >= 4 is 0 Å². The molecule has 0 spiro atoms. The highest BCUT2D eigenvalue weighted by Crippen LogP contribution is 2.44. The zero-order chi connectivity index (χ0) is 18.8. The fourth-order valence-corrected chi connectivity index (χ4v) is 6.36. The molecule has 2 aliphatic rings. The maximum atomic E-state index is 2.59. The quantitative estimate of drug-likeness (QED) is 0.459. The van der Waals surface area contributed by atoms with Gasteiger partial charge < -0.3 is 0 Å². The maximum Gasteiger partial charge on any atom is -0.0355 e. The Morgan fingerprint density at radius 3 is 1.81 bits per heavy atom. The van der Waals surface area contributed by atoms with E-state index in [0.717, 1.165) is 35.5 Å². The molecule has 0 heteroatoms. The average Bonchev–Trinajstić information content (AvgIpc) is 2.63. The molecule has 0 N–H and O–H groups in total. The van der Waals surface area contributed by atoms with Crippen molar-refractivity contribution in [1.29, 1.82) is 0 Å². The van der Waals surface area contributed by atoms with Crippen LogP contribution in [0.3, 0.4) is 0 Å². The van der Waals surface area contributed by atoms with E-state index in [-0.39, 0.29) is 0 Å². The van der Waals surface area contributed by atoms with E-state index in [1.807, 2.05) is 0 Å². The summed E-state index contributed by atoms with van der Waals surface area (Å²) in [4.78, 5) is 0. The minimum atomic E-state index is 0.948. The molecular formula is C26H50. The van der Waals surface area contributed by atoms with Crippen molar-refractivity contribution in [2.24, 2.45) is 35.5 Å². The van der Waals surface area contributed by atoms with Gasteiger partial charge in [-0.3, -0.25) is 0 Å². The van der Waals surface area contributed by atoms with Crippen LogP contribution in [-0.2, 0) is 0 Å². The molecule has 26 heavy (non-hydrogen) atoms. The average molecular weight is 363 g/mol. The van der Waals surface area contributed by atoms with Crippen molar-refractivity contribution in [2.45, 2.75) is 130 Å². The largest absolute Gasteiger partial charge is 0.0651 e. The van der Waals surface area contributed by atoms with Gasteiger partial charge in [0.15, 0.2) is 0 Å². The van der Waals surface area contributed by atoms with Crippen LogP contribution in [0.5, 0.6) is 0 Å². The first kappa shape index (κ1) is 22.3. The third-order valence-corrected chi connectivity index (χ3v) is 8.33. The molecule has 2 fully saturated rings. The lowest BCUT2D eigenvalue weighted by molar-refractivity contribution is 0.0772. The predicted octanol–water partition coefficient (Wildman–Crippen LogP) is 9.03. The number of hydrogen-bond donors (Lipinski definition) is 0. The zero-order valence-corrected chi connectivity index (χ0v) is 18.8. The van der Waals surface area contributed by atoms with Gasteiger partial charge in [0.05, 0.1) is 0 Å². The molecular weight excluding hydrogens is 312 g/mol. The van der Waals surface area contributed by atoms with Crippen LogP contribution in [0.1, 0.15) is 130 Å². The molecule has 154 valence electrons. The van der Waals surface area contributed by atoms with Crippen LogP contribution in [-0.4, -0.2) is 0 Å². The molecule has 0 aromatic carbocycles. The van der Waals surface area contributed by atoms with E-state index in [0.29, 0.717) is 0 Å². The van der Waals surface area contributed by atoms with Gasteiger partial charge in [-0.2, -0.15) is 0 Å². The normalized spacial score (nSPS) is 39.7. The van der Waals surface area contributed by atoms with Crippen LogP contribution in [0.4, 0.5) is 0 Å². The van der Waals surface area contributed by atoms with Gasteiger partial charge in [-0.25, -0.2) is 0 Å². The summed E-state index contributed by atoms with van der Waals surface area (Å²) >= 11 is 0. The Balaban J connectivity index is 1.95. The predicted molar refractivity (Wildman–Crippen MR) is 118 cm³/mol. The highest BCUT2D eigenvalue weighted by molar-refractivity contribution is 4.85. The van der Waals surface area contributed by atoms with Crippen LogP contribution in [0, 0.1) is 35.5 Å². The van der Waals surface area contributed by atoms with Gasteiger partial charge in [0.1, 0.15) is 0 Å². The monoisotopic (exact) mass is 362 g/mol. The molecule has 0 saturated heterocycles. The summed E-state index contributed by atoms with van der Waals surface area (Å²) in [6.45, 7) is 10.1. The first-order chi connectivity index (χ1) is 12.6. The van der Waals surface area contributed by atoms with Crippen LogP contribution in [0.25, 0.3) is 0 Å². The Morgan fingerprint density at radius 1 is 0.615 bits per heavy atom. The Morgan fingerprint density at radius 2 is 1.15 bits per heavy atom. The maximum absolute atomic E-state index is 2.59. The molecule has 0 aromatic heterocycles. The van der Waals surface area contributed by atoms with Crippen molar-refractivity contribution in [3.05, 3.63) is 0 Å². The van der Waals surface area contributed by atoms with E-state index in [4.69, 9.17) is 0 Å². The van der Waals surface area contributed by atoms with E-state index in [2.05, 4.69) is 27.7 Å². The van der Waals surface area contributed by atoms with Gasteiger partial charge in [0.25, 0.3) is 0 Å². The first-order valence-corrected chi connectivity index (χ1v) is 12.6. The molecule has 0 amide bonds. The highest BCUT2D eigenvalue weighted by Gasteiger charge is 2.35. The summed E-state index contributed by atoms with van der Waals surface area (Å²) in [6.07, 6.45) is 24.0. The van der Waals surface area contributed by atoms with E-state index < -0.39 is 0 Å². The van der Waals surface area contributed by atoms with E-state index in [9.17, 15) is 0 Å². The second kappa shape index (κ2) is 12.5. The van der Waals surface area contributed by atoms with Crippen LogP contribution < -0.4 is 0 Å². The first-order valence-electron chi connectivity index (χ1n) is 12.6. The second-order valence-corrected chi connectivity index (χ2v) is 10.4. The molecule has 6 atom stereocenters. The van der Waals surface area contributed by atoms with Crippen molar-refractivity contribution < 1.29 is 0 Å². The summed E-state index contributed by atoms with van der Waals surface area (Å²) in [6, 6.07) is 0. The second-order valence-electron chi connectivity index (χ2n) is 10.4. The topological polar surface area (TPSA) is 0 Å². The molecule has 6 unspecified atom stereocenters. The summed E-state index contributed by atoms with van der Waals surface area (Å²) < 4.78 is 0. The molecule has 2 aliphatic carbocycles. The van der Waals surface area contributed by atoms with Gasteiger partial charge in [0.2, 0.25) is 0 Å². The Kier molecular flexibility index (Phi) is 10.7. The van der Waals surface area contributed by atoms with Crippen molar-refractivity contribution in [3.8, 4) is 0 Å². The fourth-order valence-electron chi connectivity index (χ4n) is 6.36.